The van der Waals surface area contributed by atoms with Gasteiger partial charge in [0.25, 0.3) is 5.69 Å². The van der Waals surface area contributed by atoms with E-state index in [2.05, 4.69) is 5.32 Å². The molecule has 0 unspecified atom stereocenters. The van der Waals surface area contributed by atoms with Crippen LogP contribution in [0.3, 0.4) is 0 Å². The van der Waals surface area contributed by atoms with E-state index in [1.165, 1.54) is 6.07 Å². The molecule has 0 heterocycles. The molecule has 0 aliphatic carbocycles. The molecule has 0 spiro atoms. The Morgan fingerprint density at radius 3 is 2.50 bits per heavy atom. The van der Waals surface area contributed by atoms with Gasteiger partial charge in [-0.25, -0.2) is 4.79 Å². The van der Waals surface area contributed by atoms with E-state index in [-0.39, 0.29) is 18.8 Å². The van der Waals surface area contributed by atoms with Gasteiger partial charge in [-0.05, 0) is 12.0 Å². The van der Waals surface area contributed by atoms with Crippen LogP contribution in [0.1, 0.15) is 11.1 Å². The van der Waals surface area contributed by atoms with Crippen LogP contribution in [0, 0.1) is 10.1 Å². The molecule has 1 amide bonds. The number of carbonyl (C=O) groups excluding carboxylic acids is 1. The molecule has 0 bridgehead atoms. The molecule has 0 atom stereocenters. The maximum atomic E-state index is 11.6. The second kappa shape index (κ2) is 7.78. The second-order valence-electron chi connectivity index (χ2n) is 4.62. The van der Waals surface area contributed by atoms with Gasteiger partial charge < -0.3 is 10.1 Å². The quantitative estimate of drug-likeness (QED) is 0.656. The van der Waals surface area contributed by atoms with Crippen LogP contribution in [0.2, 0.25) is 0 Å². The molecule has 0 saturated heterocycles. The summed E-state index contributed by atoms with van der Waals surface area (Å²) in [5.41, 5.74) is 1.54. The normalized spacial score (nSPS) is 10.0. The van der Waals surface area contributed by atoms with Gasteiger partial charge in [0.15, 0.2) is 0 Å². The molecule has 6 heteroatoms. The van der Waals surface area contributed by atoms with E-state index in [1.54, 1.807) is 18.2 Å². The minimum atomic E-state index is -0.539. The maximum Gasteiger partial charge on any atom is 0.407 e. The van der Waals surface area contributed by atoms with Crippen molar-refractivity contribution in [2.24, 2.45) is 0 Å². The summed E-state index contributed by atoms with van der Waals surface area (Å²) in [6, 6.07) is 15.8. The number of para-hydroxylation sites is 1. The minimum Gasteiger partial charge on any atom is -0.445 e. The fourth-order valence-corrected chi connectivity index (χ4v) is 1.97. The highest BCUT2D eigenvalue weighted by molar-refractivity contribution is 5.67. The first-order chi connectivity index (χ1) is 10.7. The number of carbonyl (C=O) groups is 1. The van der Waals surface area contributed by atoms with Crippen molar-refractivity contribution in [2.45, 2.75) is 13.0 Å². The fraction of sp³-hybridized carbons (Fsp3) is 0.188. The molecule has 2 rings (SSSR count). The number of alkyl carbamates (subject to hydrolysis) is 1. The lowest BCUT2D eigenvalue weighted by atomic mass is 10.1. The van der Waals surface area contributed by atoms with Gasteiger partial charge in [-0.15, -0.1) is 0 Å². The van der Waals surface area contributed by atoms with Crippen molar-refractivity contribution in [3.63, 3.8) is 0 Å². The first-order valence-corrected chi connectivity index (χ1v) is 6.83. The number of benzene rings is 2. The van der Waals surface area contributed by atoms with Gasteiger partial charge in [0.2, 0.25) is 0 Å². The molecule has 0 aromatic heterocycles. The summed E-state index contributed by atoms with van der Waals surface area (Å²) in [7, 11) is 0. The summed E-state index contributed by atoms with van der Waals surface area (Å²) >= 11 is 0. The lowest BCUT2D eigenvalue weighted by Crippen LogP contribution is -2.26. The number of rotatable bonds is 6. The van der Waals surface area contributed by atoms with Crippen molar-refractivity contribution in [1.29, 1.82) is 0 Å². The summed E-state index contributed by atoms with van der Waals surface area (Å²) in [5, 5.41) is 13.5. The van der Waals surface area contributed by atoms with Crippen LogP contribution < -0.4 is 5.32 Å². The Morgan fingerprint density at radius 1 is 1.09 bits per heavy atom. The average Bonchev–Trinajstić information content (AvgIpc) is 2.54. The van der Waals surface area contributed by atoms with E-state index in [4.69, 9.17) is 4.74 Å². The van der Waals surface area contributed by atoms with Gasteiger partial charge in [-0.2, -0.15) is 0 Å². The summed E-state index contributed by atoms with van der Waals surface area (Å²) < 4.78 is 5.06. The van der Waals surface area contributed by atoms with Crippen molar-refractivity contribution in [3.8, 4) is 0 Å². The number of hydrogen-bond acceptors (Lipinski definition) is 4. The number of nitro benzene ring substituents is 1. The van der Waals surface area contributed by atoms with Gasteiger partial charge in [0.1, 0.15) is 6.61 Å². The molecule has 0 aliphatic heterocycles. The maximum absolute atomic E-state index is 11.6. The molecule has 0 saturated carbocycles. The highest BCUT2D eigenvalue weighted by Crippen LogP contribution is 2.17. The number of nitro groups is 1. The van der Waals surface area contributed by atoms with Crippen LogP contribution in [-0.2, 0) is 17.8 Å². The standard InChI is InChI=1S/C16H16N2O4/c19-16(22-12-13-6-2-1-3-7-13)17-11-10-14-8-4-5-9-15(14)18(20)21/h1-9H,10-12H2,(H,17,19). The van der Waals surface area contributed by atoms with Gasteiger partial charge in [0.05, 0.1) is 4.92 Å². The number of amides is 1. The van der Waals surface area contributed by atoms with Crippen molar-refractivity contribution in [1.82, 2.24) is 5.32 Å². The first-order valence-electron chi connectivity index (χ1n) is 6.83. The summed E-state index contributed by atoms with van der Waals surface area (Å²) in [6.45, 7) is 0.469. The van der Waals surface area contributed by atoms with Gasteiger partial charge >= 0.3 is 6.09 Å². The third-order valence-electron chi connectivity index (χ3n) is 3.06. The number of nitrogens with zero attached hydrogens (tertiary/aromatic N) is 1. The third kappa shape index (κ3) is 4.59. The summed E-state index contributed by atoms with van der Waals surface area (Å²) in [6.07, 6.45) is -0.167. The molecule has 6 nitrogen and oxygen atoms in total. The first kappa shape index (κ1) is 15.5. The summed E-state index contributed by atoms with van der Waals surface area (Å²) in [4.78, 5) is 22.0. The van der Waals surface area contributed by atoms with Gasteiger partial charge in [-0.3, -0.25) is 10.1 Å². The van der Waals surface area contributed by atoms with Crippen LogP contribution in [0.4, 0.5) is 10.5 Å². The molecular weight excluding hydrogens is 284 g/mol. The van der Waals surface area contributed by atoms with E-state index in [9.17, 15) is 14.9 Å². The highest BCUT2D eigenvalue weighted by Gasteiger charge is 2.12. The zero-order valence-electron chi connectivity index (χ0n) is 11.9. The van der Waals surface area contributed by atoms with Gasteiger partial charge in [-0.1, -0.05) is 48.5 Å². The minimum absolute atomic E-state index is 0.0574. The fourth-order valence-electron chi connectivity index (χ4n) is 1.97. The largest absolute Gasteiger partial charge is 0.445 e. The Hall–Kier alpha value is -2.89. The molecule has 1 N–H and O–H groups in total. The van der Waals surface area contributed by atoms with Crippen LogP contribution >= 0.6 is 0 Å². The number of hydrogen-bond donors (Lipinski definition) is 1. The van der Waals surface area contributed by atoms with E-state index < -0.39 is 11.0 Å². The lowest BCUT2D eigenvalue weighted by Gasteiger charge is -2.07. The molecule has 2 aromatic rings. The van der Waals surface area contributed by atoms with E-state index >= 15 is 0 Å². The predicted octanol–water partition coefficient (Wildman–Crippen LogP) is 3.06. The van der Waals surface area contributed by atoms with Crippen LogP contribution in [0.5, 0.6) is 0 Å². The molecule has 114 valence electrons. The predicted molar refractivity (Wildman–Crippen MR) is 81.4 cm³/mol. The molecule has 0 fully saturated rings. The van der Waals surface area contributed by atoms with Crippen LogP contribution in [0.15, 0.2) is 54.6 Å². The van der Waals surface area contributed by atoms with E-state index in [1.807, 2.05) is 30.3 Å². The zero-order valence-corrected chi connectivity index (χ0v) is 11.9. The Kier molecular flexibility index (Phi) is 5.48. The smallest absolute Gasteiger partial charge is 0.407 e. The van der Waals surface area contributed by atoms with E-state index in [0.717, 1.165) is 5.56 Å². The third-order valence-corrected chi connectivity index (χ3v) is 3.06. The Labute approximate surface area is 127 Å². The highest BCUT2D eigenvalue weighted by atomic mass is 16.6. The lowest BCUT2D eigenvalue weighted by molar-refractivity contribution is -0.385. The van der Waals surface area contributed by atoms with Crippen molar-refractivity contribution in [2.75, 3.05) is 6.54 Å². The zero-order chi connectivity index (χ0) is 15.8. The topological polar surface area (TPSA) is 81.5 Å². The van der Waals surface area contributed by atoms with E-state index in [0.29, 0.717) is 12.0 Å². The summed E-state index contributed by atoms with van der Waals surface area (Å²) in [5.74, 6) is 0. The van der Waals surface area contributed by atoms with Crippen LogP contribution in [-0.4, -0.2) is 17.6 Å². The monoisotopic (exact) mass is 300 g/mol. The number of nitrogens with one attached hydrogen (secondary N) is 1. The second-order valence-corrected chi connectivity index (χ2v) is 4.62. The molecule has 0 aliphatic rings. The Balaban J connectivity index is 1.77. The Morgan fingerprint density at radius 2 is 1.77 bits per heavy atom. The van der Waals surface area contributed by atoms with Crippen molar-refractivity contribution < 1.29 is 14.5 Å². The molecule has 22 heavy (non-hydrogen) atoms. The Bertz CT molecular complexity index is 644. The number of ether oxygens (including phenoxy) is 1. The average molecular weight is 300 g/mol. The van der Waals surface area contributed by atoms with Crippen molar-refractivity contribution in [3.05, 3.63) is 75.8 Å². The van der Waals surface area contributed by atoms with Crippen molar-refractivity contribution >= 4 is 11.8 Å². The molecule has 2 aromatic carbocycles. The van der Waals surface area contributed by atoms with Gasteiger partial charge in [0, 0.05) is 18.2 Å². The molecular formula is C16H16N2O4. The molecule has 0 radical (unpaired) electrons. The van der Waals surface area contributed by atoms with Crippen LogP contribution in [0.25, 0.3) is 0 Å². The SMILES string of the molecule is O=C(NCCc1ccccc1[N+](=O)[O-])OCc1ccccc1.